The number of fused-ring (bicyclic) bond motifs is 1. The van der Waals surface area contributed by atoms with Gasteiger partial charge in [-0.1, -0.05) is 41.9 Å². The maximum Gasteiger partial charge on any atom is 0.405 e. The van der Waals surface area contributed by atoms with Gasteiger partial charge >= 0.3 is 7.75 Å². The minimum Gasteiger partial charge on any atom is -0.312 e. The van der Waals surface area contributed by atoms with Crippen molar-refractivity contribution >= 4 is 30.1 Å². The zero-order valence-electron chi connectivity index (χ0n) is 17.3. The van der Waals surface area contributed by atoms with E-state index in [2.05, 4.69) is 0 Å². The molecular weight excluding hydrogens is 437 g/mol. The van der Waals surface area contributed by atoms with E-state index in [0.29, 0.717) is 49.2 Å². The molecule has 2 atom stereocenters. The van der Waals surface area contributed by atoms with Gasteiger partial charge in [0.05, 0.1) is 17.1 Å². The van der Waals surface area contributed by atoms with Crippen molar-refractivity contribution in [1.29, 1.82) is 0 Å². The molecule has 0 radical (unpaired) electrons. The van der Waals surface area contributed by atoms with Crippen LogP contribution in [0, 0.1) is 0 Å². The zero-order chi connectivity index (χ0) is 22.0. The lowest BCUT2D eigenvalue weighted by Crippen LogP contribution is -2.30. The van der Waals surface area contributed by atoms with Crippen LogP contribution < -0.4 is 5.56 Å². The zero-order valence-corrected chi connectivity index (χ0v) is 18.9. The second kappa shape index (κ2) is 9.23. The molecule has 31 heavy (non-hydrogen) atoms. The first-order valence-electron chi connectivity index (χ1n) is 10.3. The van der Waals surface area contributed by atoms with E-state index in [4.69, 9.17) is 21.2 Å². The van der Waals surface area contributed by atoms with Crippen LogP contribution in [0.15, 0.2) is 53.3 Å². The molecule has 1 aliphatic heterocycles. The molecule has 0 amide bonds. The molecule has 2 unspecified atom stereocenters. The predicted molar refractivity (Wildman–Crippen MR) is 122 cm³/mol. The van der Waals surface area contributed by atoms with Gasteiger partial charge in [-0.15, -0.1) is 0 Å². The monoisotopic (exact) mass is 461 g/mol. The third-order valence-corrected chi connectivity index (χ3v) is 7.61. The van der Waals surface area contributed by atoms with Gasteiger partial charge in [-0.05, 0) is 43.0 Å². The van der Waals surface area contributed by atoms with E-state index in [0.717, 1.165) is 16.6 Å². The van der Waals surface area contributed by atoms with Crippen LogP contribution in [0.2, 0.25) is 5.02 Å². The topological polar surface area (TPSA) is 84.7 Å². The molecule has 164 valence electrons. The summed E-state index contributed by atoms with van der Waals surface area (Å²) in [4.78, 5) is 23.3. The van der Waals surface area contributed by atoms with E-state index in [1.807, 2.05) is 48.5 Å². The van der Waals surface area contributed by atoms with Crippen molar-refractivity contribution < 1.29 is 14.0 Å². The van der Waals surface area contributed by atoms with E-state index in [1.165, 1.54) is 11.8 Å². The largest absolute Gasteiger partial charge is 0.405 e. The highest BCUT2D eigenvalue weighted by atomic mass is 35.5. The van der Waals surface area contributed by atoms with E-state index in [9.17, 15) is 14.3 Å². The fourth-order valence-electron chi connectivity index (χ4n) is 4.17. The van der Waals surface area contributed by atoms with Crippen molar-refractivity contribution in [3.63, 3.8) is 0 Å². The summed E-state index contributed by atoms with van der Waals surface area (Å²) in [7, 11) is -2.56. The van der Waals surface area contributed by atoms with Gasteiger partial charge in [0.2, 0.25) is 0 Å². The van der Waals surface area contributed by atoms with Gasteiger partial charge in [0.25, 0.3) is 5.56 Å². The standard InChI is InChI=1S/C22H25ClN3O4P/c1-30-31(28,29)25-12-5-8-18(11-13-25)26-22(27)20-10-3-2-9-19(20)21(24-26)15-16-6-4-7-17(23)14-16/h2-4,6-7,9-10,14,18H,5,8,11-13,15H2,1H3,(H,28,29). The van der Waals surface area contributed by atoms with Crippen LogP contribution >= 0.6 is 19.3 Å². The van der Waals surface area contributed by atoms with Crippen LogP contribution in [0.5, 0.6) is 0 Å². The minimum atomic E-state index is -3.79. The number of rotatable bonds is 5. The second-order valence-electron chi connectivity index (χ2n) is 7.76. The Kier molecular flexibility index (Phi) is 6.60. The Labute approximate surface area is 185 Å². The fraction of sp³-hybridized carbons (Fsp3) is 0.364. The molecule has 0 aliphatic carbocycles. The Morgan fingerprint density at radius 3 is 2.68 bits per heavy atom. The molecule has 0 saturated carbocycles. The molecule has 9 heteroatoms. The van der Waals surface area contributed by atoms with Crippen LogP contribution in [0.1, 0.15) is 36.6 Å². The number of benzene rings is 2. The van der Waals surface area contributed by atoms with Crippen LogP contribution in [-0.4, -0.2) is 39.5 Å². The van der Waals surface area contributed by atoms with Crippen LogP contribution in [-0.2, 0) is 15.5 Å². The first-order chi connectivity index (χ1) is 14.9. The van der Waals surface area contributed by atoms with Gasteiger partial charge in [-0.2, -0.15) is 5.10 Å². The molecule has 2 heterocycles. The van der Waals surface area contributed by atoms with Gasteiger partial charge in [0.1, 0.15) is 0 Å². The summed E-state index contributed by atoms with van der Waals surface area (Å²) >= 11 is 6.15. The molecule has 0 spiro atoms. The normalized spacial score (nSPS) is 19.8. The fourth-order valence-corrected chi connectivity index (χ4v) is 5.37. The average Bonchev–Trinajstić information content (AvgIpc) is 3.03. The third-order valence-electron chi connectivity index (χ3n) is 5.78. The SMILES string of the molecule is COP(=O)(O)N1CCCC(n2nc(Cc3cccc(Cl)c3)c3ccccc3c2=O)CC1. The minimum absolute atomic E-state index is 0.136. The van der Waals surface area contributed by atoms with Gasteiger partial charge in [0.15, 0.2) is 0 Å². The molecule has 2 aromatic carbocycles. The van der Waals surface area contributed by atoms with Crippen molar-refractivity contribution in [2.75, 3.05) is 20.2 Å². The van der Waals surface area contributed by atoms with E-state index in [-0.39, 0.29) is 11.6 Å². The van der Waals surface area contributed by atoms with Crippen LogP contribution in [0.4, 0.5) is 0 Å². The van der Waals surface area contributed by atoms with Gasteiger partial charge in [-0.25, -0.2) is 13.9 Å². The Hall–Kier alpha value is -2.02. The summed E-state index contributed by atoms with van der Waals surface area (Å²) in [5.74, 6) is 0. The maximum atomic E-state index is 13.3. The Morgan fingerprint density at radius 1 is 1.16 bits per heavy atom. The third kappa shape index (κ3) is 4.76. The summed E-state index contributed by atoms with van der Waals surface area (Å²) in [5.41, 5.74) is 1.69. The molecular formula is C22H25ClN3O4P. The summed E-state index contributed by atoms with van der Waals surface area (Å²) < 4.78 is 20.1. The summed E-state index contributed by atoms with van der Waals surface area (Å²) in [6, 6.07) is 15.0. The highest BCUT2D eigenvalue weighted by molar-refractivity contribution is 7.50. The van der Waals surface area contributed by atoms with Gasteiger partial charge in [0, 0.05) is 37.0 Å². The maximum absolute atomic E-state index is 13.3. The lowest BCUT2D eigenvalue weighted by Gasteiger charge is -2.23. The molecule has 0 bridgehead atoms. The molecule has 1 fully saturated rings. The molecule has 1 saturated heterocycles. The summed E-state index contributed by atoms with van der Waals surface area (Å²) in [5, 5.41) is 6.89. The molecule has 1 aromatic heterocycles. The second-order valence-corrected chi connectivity index (χ2v) is 10.1. The van der Waals surface area contributed by atoms with E-state index < -0.39 is 7.75 Å². The molecule has 1 N–H and O–H groups in total. The first-order valence-corrected chi connectivity index (χ1v) is 12.2. The van der Waals surface area contributed by atoms with Crippen molar-refractivity contribution in [3.05, 3.63) is 75.2 Å². The lowest BCUT2D eigenvalue weighted by atomic mass is 10.0. The van der Waals surface area contributed by atoms with Crippen molar-refractivity contribution in [3.8, 4) is 0 Å². The number of nitrogens with zero attached hydrogens (tertiary/aromatic N) is 3. The molecule has 7 nitrogen and oxygen atoms in total. The average molecular weight is 462 g/mol. The van der Waals surface area contributed by atoms with Crippen molar-refractivity contribution in [2.24, 2.45) is 0 Å². The first kappa shape index (κ1) is 22.2. The highest BCUT2D eigenvalue weighted by Crippen LogP contribution is 2.46. The Bertz CT molecular complexity index is 1200. The predicted octanol–water partition coefficient (Wildman–Crippen LogP) is 4.41. The number of halogens is 1. The Morgan fingerprint density at radius 2 is 1.94 bits per heavy atom. The highest BCUT2D eigenvalue weighted by Gasteiger charge is 2.31. The number of hydrogen-bond donors (Lipinski definition) is 1. The van der Waals surface area contributed by atoms with Crippen molar-refractivity contribution in [2.45, 2.75) is 31.7 Å². The number of aromatic nitrogens is 2. The van der Waals surface area contributed by atoms with Crippen LogP contribution in [0.3, 0.4) is 0 Å². The summed E-state index contributed by atoms with van der Waals surface area (Å²) in [6.07, 6.45) is 2.46. The molecule has 1 aliphatic rings. The quantitative estimate of drug-likeness (QED) is 0.566. The van der Waals surface area contributed by atoms with Crippen molar-refractivity contribution in [1.82, 2.24) is 14.5 Å². The Balaban J connectivity index is 1.72. The number of hydrogen-bond acceptors (Lipinski definition) is 4. The lowest BCUT2D eigenvalue weighted by molar-refractivity contribution is 0.237. The van der Waals surface area contributed by atoms with E-state index in [1.54, 1.807) is 4.68 Å². The molecule has 3 aromatic rings. The van der Waals surface area contributed by atoms with E-state index >= 15 is 0 Å². The van der Waals surface area contributed by atoms with Gasteiger partial charge in [-0.3, -0.25) is 4.79 Å². The van der Waals surface area contributed by atoms with Crippen LogP contribution in [0.25, 0.3) is 10.8 Å². The van der Waals surface area contributed by atoms with Gasteiger partial charge < -0.3 is 9.42 Å². The summed E-state index contributed by atoms with van der Waals surface area (Å²) in [6.45, 7) is 0.798. The molecule has 4 rings (SSSR count). The smallest absolute Gasteiger partial charge is 0.312 e.